The van der Waals surface area contributed by atoms with Crippen LogP contribution in [0, 0.1) is 0 Å². The highest BCUT2D eigenvalue weighted by Crippen LogP contribution is 2.26. The first-order valence-electron chi connectivity index (χ1n) is 8.13. The number of rotatable bonds is 4. The summed E-state index contributed by atoms with van der Waals surface area (Å²) in [5, 5.41) is 12.1. The van der Waals surface area contributed by atoms with Gasteiger partial charge in [0.05, 0.1) is 5.56 Å². The quantitative estimate of drug-likeness (QED) is 0.775. The van der Waals surface area contributed by atoms with Gasteiger partial charge >= 0.3 is 0 Å². The number of nitrogens with zero attached hydrogens (tertiary/aromatic N) is 1. The molecule has 0 heterocycles. The Kier molecular flexibility index (Phi) is 4.52. The van der Waals surface area contributed by atoms with Gasteiger partial charge in [-0.25, -0.2) is 0 Å². The summed E-state index contributed by atoms with van der Waals surface area (Å²) in [5.74, 6) is -0.162. The SMILES string of the molecule is CCc1ccc(CN(C)C(=O)c2cc3ccccc3cc2O)cc1. The van der Waals surface area contributed by atoms with Gasteiger partial charge in [0.2, 0.25) is 0 Å². The highest BCUT2D eigenvalue weighted by molar-refractivity contribution is 6.01. The van der Waals surface area contributed by atoms with Crippen molar-refractivity contribution in [3.05, 3.63) is 77.4 Å². The zero-order valence-electron chi connectivity index (χ0n) is 14.0. The van der Waals surface area contributed by atoms with E-state index >= 15 is 0 Å². The number of hydrogen-bond acceptors (Lipinski definition) is 2. The molecule has 3 nitrogen and oxygen atoms in total. The maximum atomic E-state index is 12.7. The van der Waals surface area contributed by atoms with Gasteiger partial charge in [0, 0.05) is 13.6 Å². The van der Waals surface area contributed by atoms with Crippen molar-refractivity contribution in [1.29, 1.82) is 0 Å². The summed E-state index contributed by atoms with van der Waals surface area (Å²) in [4.78, 5) is 14.3. The molecule has 0 aliphatic rings. The number of phenols is 1. The predicted molar refractivity (Wildman–Crippen MR) is 97.2 cm³/mol. The molecule has 0 atom stereocenters. The van der Waals surface area contributed by atoms with E-state index in [0.29, 0.717) is 12.1 Å². The average Bonchev–Trinajstić information content (AvgIpc) is 2.61. The Balaban J connectivity index is 1.83. The zero-order chi connectivity index (χ0) is 17.1. The van der Waals surface area contributed by atoms with Crippen LogP contribution in [-0.2, 0) is 13.0 Å². The first kappa shape index (κ1) is 16.1. The van der Waals surface area contributed by atoms with E-state index in [0.717, 1.165) is 22.8 Å². The third-order valence-corrected chi connectivity index (χ3v) is 4.29. The van der Waals surface area contributed by atoms with E-state index in [2.05, 4.69) is 19.1 Å². The largest absolute Gasteiger partial charge is 0.507 e. The van der Waals surface area contributed by atoms with E-state index in [-0.39, 0.29) is 11.7 Å². The van der Waals surface area contributed by atoms with Gasteiger partial charge in [0.15, 0.2) is 0 Å². The van der Waals surface area contributed by atoms with Crippen LogP contribution in [-0.4, -0.2) is 23.0 Å². The summed E-state index contributed by atoms with van der Waals surface area (Å²) >= 11 is 0. The van der Waals surface area contributed by atoms with Crippen molar-refractivity contribution in [2.75, 3.05) is 7.05 Å². The van der Waals surface area contributed by atoms with Gasteiger partial charge in [0.1, 0.15) is 5.75 Å². The van der Waals surface area contributed by atoms with Crippen LogP contribution in [0.2, 0.25) is 0 Å². The Morgan fingerprint density at radius 1 is 0.958 bits per heavy atom. The van der Waals surface area contributed by atoms with Crippen LogP contribution in [0.15, 0.2) is 60.7 Å². The predicted octanol–water partition coefficient (Wildman–Crippen LogP) is 4.38. The number of hydrogen-bond donors (Lipinski definition) is 1. The highest BCUT2D eigenvalue weighted by Gasteiger charge is 2.17. The van der Waals surface area contributed by atoms with Crippen molar-refractivity contribution >= 4 is 16.7 Å². The molecular weight excluding hydrogens is 298 g/mol. The molecule has 3 aromatic carbocycles. The molecule has 0 radical (unpaired) electrons. The van der Waals surface area contributed by atoms with Crippen molar-refractivity contribution in [3.8, 4) is 5.75 Å². The molecule has 0 bridgehead atoms. The normalized spacial score (nSPS) is 10.8. The van der Waals surface area contributed by atoms with Crippen molar-refractivity contribution in [2.45, 2.75) is 19.9 Å². The molecule has 122 valence electrons. The fourth-order valence-corrected chi connectivity index (χ4v) is 2.83. The molecule has 0 fully saturated rings. The van der Waals surface area contributed by atoms with E-state index < -0.39 is 0 Å². The Morgan fingerprint density at radius 3 is 2.17 bits per heavy atom. The minimum Gasteiger partial charge on any atom is -0.507 e. The summed E-state index contributed by atoms with van der Waals surface area (Å²) in [6.45, 7) is 2.63. The third-order valence-electron chi connectivity index (χ3n) is 4.29. The van der Waals surface area contributed by atoms with Crippen LogP contribution in [0.1, 0.15) is 28.4 Å². The third kappa shape index (κ3) is 3.25. The van der Waals surface area contributed by atoms with Gasteiger partial charge in [0.25, 0.3) is 5.91 Å². The number of aryl methyl sites for hydroxylation is 1. The monoisotopic (exact) mass is 319 g/mol. The molecule has 1 N–H and O–H groups in total. The van der Waals surface area contributed by atoms with Gasteiger partial charge in [-0.3, -0.25) is 4.79 Å². The van der Waals surface area contributed by atoms with Gasteiger partial charge in [-0.15, -0.1) is 0 Å². The fourth-order valence-electron chi connectivity index (χ4n) is 2.83. The van der Waals surface area contributed by atoms with Crippen molar-refractivity contribution in [3.63, 3.8) is 0 Å². The fraction of sp³-hybridized carbons (Fsp3) is 0.190. The molecule has 0 spiro atoms. The van der Waals surface area contributed by atoms with Crippen molar-refractivity contribution in [1.82, 2.24) is 4.90 Å². The number of amides is 1. The molecule has 3 aromatic rings. The lowest BCUT2D eigenvalue weighted by atomic mass is 10.0. The summed E-state index contributed by atoms with van der Waals surface area (Å²) in [5.41, 5.74) is 2.68. The van der Waals surface area contributed by atoms with E-state index in [4.69, 9.17) is 0 Å². The molecule has 3 heteroatoms. The lowest BCUT2D eigenvalue weighted by Crippen LogP contribution is -2.26. The molecule has 0 saturated heterocycles. The van der Waals surface area contributed by atoms with Gasteiger partial charge < -0.3 is 10.0 Å². The Hall–Kier alpha value is -2.81. The molecule has 0 aliphatic heterocycles. The van der Waals surface area contributed by atoms with E-state index in [1.54, 1.807) is 24.1 Å². The molecule has 0 aliphatic carbocycles. The molecule has 1 amide bonds. The van der Waals surface area contributed by atoms with Crippen LogP contribution >= 0.6 is 0 Å². The van der Waals surface area contributed by atoms with Crippen molar-refractivity contribution in [2.24, 2.45) is 0 Å². The van der Waals surface area contributed by atoms with Gasteiger partial charge in [-0.2, -0.15) is 0 Å². The van der Waals surface area contributed by atoms with Crippen LogP contribution in [0.25, 0.3) is 10.8 Å². The smallest absolute Gasteiger partial charge is 0.257 e. The standard InChI is InChI=1S/C21H21NO2/c1-3-15-8-10-16(11-9-15)14-22(2)21(24)19-12-17-6-4-5-7-18(17)13-20(19)23/h4-13,23H,3,14H2,1-2H3. The van der Waals surface area contributed by atoms with Crippen LogP contribution in [0.3, 0.4) is 0 Å². The second kappa shape index (κ2) is 6.75. The summed E-state index contributed by atoms with van der Waals surface area (Å²) in [6, 6.07) is 19.4. The molecular formula is C21H21NO2. The van der Waals surface area contributed by atoms with Crippen molar-refractivity contribution < 1.29 is 9.90 Å². The first-order chi connectivity index (χ1) is 11.6. The number of carbonyl (C=O) groups is 1. The lowest BCUT2D eigenvalue weighted by molar-refractivity contribution is 0.0782. The van der Waals surface area contributed by atoms with E-state index in [1.807, 2.05) is 36.4 Å². The summed E-state index contributed by atoms with van der Waals surface area (Å²) in [6.07, 6.45) is 1.00. The lowest BCUT2D eigenvalue weighted by Gasteiger charge is -2.18. The molecule has 0 saturated carbocycles. The maximum absolute atomic E-state index is 12.7. The summed E-state index contributed by atoms with van der Waals surface area (Å²) < 4.78 is 0. The number of aromatic hydroxyl groups is 1. The highest BCUT2D eigenvalue weighted by atomic mass is 16.3. The number of phenolic OH excluding ortho intramolecular Hbond substituents is 1. The van der Waals surface area contributed by atoms with Crippen LogP contribution in [0.4, 0.5) is 0 Å². The maximum Gasteiger partial charge on any atom is 0.257 e. The number of fused-ring (bicyclic) bond motifs is 1. The summed E-state index contributed by atoms with van der Waals surface area (Å²) in [7, 11) is 1.75. The topological polar surface area (TPSA) is 40.5 Å². The second-order valence-electron chi connectivity index (χ2n) is 6.05. The molecule has 0 unspecified atom stereocenters. The Bertz CT molecular complexity index is 869. The average molecular weight is 319 g/mol. The van der Waals surface area contributed by atoms with Gasteiger partial charge in [-0.05, 0) is 40.5 Å². The first-order valence-corrected chi connectivity index (χ1v) is 8.13. The minimum atomic E-state index is -0.183. The number of benzene rings is 3. The van der Waals surface area contributed by atoms with E-state index in [1.165, 1.54) is 5.56 Å². The zero-order valence-corrected chi connectivity index (χ0v) is 14.0. The van der Waals surface area contributed by atoms with Crippen LogP contribution in [0.5, 0.6) is 5.75 Å². The van der Waals surface area contributed by atoms with Gasteiger partial charge in [-0.1, -0.05) is 55.5 Å². The molecule has 24 heavy (non-hydrogen) atoms. The number of carbonyl (C=O) groups excluding carboxylic acids is 1. The van der Waals surface area contributed by atoms with E-state index in [9.17, 15) is 9.90 Å². The van der Waals surface area contributed by atoms with Crippen LogP contribution < -0.4 is 0 Å². The second-order valence-corrected chi connectivity index (χ2v) is 6.05. The minimum absolute atomic E-state index is 0.0203. The molecule has 0 aromatic heterocycles. The Morgan fingerprint density at radius 2 is 1.54 bits per heavy atom. The molecule has 3 rings (SSSR count). The Labute approximate surface area is 142 Å².